The van der Waals surface area contributed by atoms with Gasteiger partial charge in [-0.2, -0.15) is 0 Å². The van der Waals surface area contributed by atoms with Crippen molar-refractivity contribution in [3.8, 4) is 11.5 Å². The van der Waals surface area contributed by atoms with E-state index in [1.807, 2.05) is 38.1 Å². The summed E-state index contributed by atoms with van der Waals surface area (Å²) in [6.45, 7) is 4.81. The lowest BCUT2D eigenvalue weighted by Gasteiger charge is -2.35. The molecule has 42 heavy (non-hydrogen) atoms. The van der Waals surface area contributed by atoms with E-state index in [2.05, 4.69) is 37.0 Å². The third-order valence-electron chi connectivity index (χ3n) is 7.88. The molecule has 3 aromatic carbocycles. The molecule has 0 unspecified atom stereocenters. The van der Waals surface area contributed by atoms with E-state index in [0.717, 1.165) is 27.7 Å². The smallest absolute Gasteiger partial charge is 0.341 e. The van der Waals surface area contributed by atoms with Crippen LogP contribution in [0.15, 0.2) is 54.6 Å². The molecule has 0 atom stereocenters. The number of benzene rings is 3. The van der Waals surface area contributed by atoms with Gasteiger partial charge in [-0.05, 0) is 92.3 Å². The summed E-state index contributed by atoms with van der Waals surface area (Å²) in [5, 5.41) is 2.23. The summed E-state index contributed by atoms with van der Waals surface area (Å²) in [7, 11) is 0.691. The highest BCUT2D eigenvalue weighted by Gasteiger charge is 2.39. The van der Waals surface area contributed by atoms with Crippen molar-refractivity contribution in [3.63, 3.8) is 0 Å². The number of carbonyl (C=O) groups is 2. The number of hydrogen-bond acceptors (Lipinski definition) is 7. The number of carbonyl (C=O) groups excluding carboxylic acids is 2. The van der Waals surface area contributed by atoms with Crippen molar-refractivity contribution in [2.24, 2.45) is 5.41 Å². The van der Waals surface area contributed by atoms with E-state index in [1.165, 1.54) is 7.11 Å². The maximum atomic E-state index is 13.2. The molecule has 0 radical (unpaired) electrons. The van der Waals surface area contributed by atoms with E-state index in [4.69, 9.17) is 23.7 Å². The van der Waals surface area contributed by atoms with Crippen molar-refractivity contribution in [2.75, 3.05) is 45.0 Å². The molecule has 0 aliphatic heterocycles. The second-order valence-electron chi connectivity index (χ2n) is 12.2. The van der Waals surface area contributed by atoms with Crippen molar-refractivity contribution in [3.05, 3.63) is 71.3 Å². The van der Waals surface area contributed by atoms with Crippen LogP contribution in [-0.2, 0) is 25.6 Å². The molecule has 1 fully saturated rings. The molecule has 1 aliphatic rings. The van der Waals surface area contributed by atoms with Crippen molar-refractivity contribution in [2.45, 2.75) is 52.2 Å². The van der Waals surface area contributed by atoms with Crippen LogP contribution in [0, 0.1) is 12.3 Å². The van der Waals surface area contributed by atoms with Crippen LogP contribution in [0.4, 0.5) is 0 Å². The Hall–Kier alpha value is -3.23. The molecular weight excluding hydrogens is 552 g/mol. The van der Waals surface area contributed by atoms with Gasteiger partial charge in [0.2, 0.25) is 0 Å². The SMILES string of the molecule is COC(=O)c1cc(O[C@H]2CC[C@@](C)(C(=O)OCc3cccc4ccccc34)CC2)c(C)cc1OCOCCS(C)(C)C. The van der Waals surface area contributed by atoms with Crippen LogP contribution in [-0.4, -0.2) is 63.1 Å². The maximum Gasteiger partial charge on any atom is 0.341 e. The summed E-state index contributed by atoms with van der Waals surface area (Å²) < 4.78 is 28.7. The van der Waals surface area contributed by atoms with Gasteiger partial charge in [0.1, 0.15) is 23.7 Å². The normalized spacial score (nSPS) is 19.2. The lowest BCUT2D eigenvalue weighted by molar-refractivity contribution is -0.159. The summed E-state index contributed by atoms with van der Waals surface area (Å²) >= 11 is 0. The zero-order valence-corrected chi connectivity index (χ0v) is 26.5. The quantitative estimate of drug-likeness (QED) is 0.126. The Labute approximate surface area is 251 Å². The maximum absolute atomic E-state index is 13.2. The molecule has 3 aromatic rings. The molecule has 8 heteroatoms. The summed E-state index contributed by atoms with van der Waals surface area (Å²) in [6.07, 6.45) is 9.35. The van der Waals surface area contributed by atoms with Gasteiger partial charge in [-0.15, -0.1) is 0 Å². The first kappa shape index (κ1) is 31.7. The average molecular weight is 597 g/mol. The molecule has 0 aromatic heterocycles. The Balaban J connectivity index is 1.34. The molecule has 228 valence electrons. The van der Waals surface area contributed by atoms with Crippen LogP contribution < -0.4 is 9.47 Å². The fraction of sp³-hybridized carbons (Fsp3) is 0.471. The highest BCUT2D eigenvalue weighted by molar-refractivity contribution is 8.32. The summed E-state index contributed by atoms with van der Waals surface area (Å²) in [5.74, 6) is 1.31. The van der Waals surface area contributed by atoms with E-state index in [1.54, 1.807) is 12.1 Å². The van der Waals surface area contributed by atoms with Gasteiger partial charge >= 0.3 is 11.9 Å². The van der Waals surface area contributed by atoms with Crippen LogP contribution in [0.5, 0.6) is 11.5 Å². The van der Waals surface area contributed by atoms with Crippen molar-refractivity contribution < 1.29 is 33.3 Å². The third-order valence-corrected chi connectivity index (χ3v) is 9.27. The number of ether oxygens (including phenoxy) is 5. The second-order valence-corrected chi connectivity index (χ2v) is 16.8. The van der Waals surface area contributed by atoms with Gasteiger partial charge in [-0.1, -0.05) is 42.5 Å². The highest BCUT2D eigenvalue weighted by Crippen LogP contribution is 2.40. The fourth-order valence-electron chi connectivity index (χ4n) is 5.12. The van der Waals surface area contributed by atoms with Gasteiger partial charge in [0.05, 0.1) is 25.2 Å². The monoisotopic (exact) mass is 596 g/mol. The number of aryl methyl sites for hydroxylation is 1. The molecule has 0 saturated heterocycles. The standard InChI is InChI=1S/C34H44O7S/c1-24-20-31(40-23-38-18-19-42(4,5)6)29(32(35)37-3)21-30(24)41-27-14-16-34(2,17-15-27)33(36)39-22-26-12-9-11-25-10-7-8-13-28(25)26/h7-13,20-21,27H,14-19,22-23H2,1-6H3/t27-,34+. The van der Waals surface area contributed by atoms with Gasteiger partial charge in [0.15, 0.2) is 6.79 Å². The lowest BCUT2D eigenvalue weighted by Crippen LogP contribution is -2.37. The lowest BCUT2D eigenvalue weighted by atomic mass is 9.74. The van der Waals surface area contributed by atoms with Gasteiger partial charge in [0, 0.05) is 5.75 Å². The summed E-state index contributed by atoms with van der Waals surface area (Å²) in [5.41, 5.74) is 1.58. The van der Waals surface area contributed by atoms with E-state index >= 15 is 0 Å². The molecule has 0 amide bonds. The first-order valence-electron chi connectivity index (χ1n) is 14.4. The van der Waals surface area contributed by atoms with Crippen LogP contribution >= 0.6 is 10.0 Å². The number of esters is 2. The van der Waals surface area contributed by atoms with Gasteiger partial charge in [-0.25, -0.2) is 14.8 Å². The van der Waals surface area contributed by atoms with E-state index in [0.29, 0.717) is 49.4 Å². The molecule has 0 heterocycles. The van der Waals surface area contributed by atoms with Crippen LogP contribution in [0.1, 0.15) is 54.1 Å². The van der Waals surface area contributed by atoms with Gasteiger partial charge in [0.25, 0.3) is 0 Å². The Bertz CT molecular complexity index is 1380. The fourth-order valence-corrected chi connectivity index (χ4v) is 5.73. The van der Waals surface area contributed by atoms with E-state index < -0.39 is 21.4 Å². The summed E-state index contributed by atoms with van der Waals surface area (Å²) in [4.78, 5) is 25.7. The zero-order valence-electron chi connectivity index (χ0n) is 25.7. The Morgan fingerprint density at radius 1 is 0.976 bits per heavy atom. The molecule has 0 N–H and O–H groups in total. The minimum atomic E-state index is -0.652. The first-order valence-corrected chi connectivity index (χ1v) is 17.4. The average Bonchev–Trinajstić information content (AvgIpc) is 2.97. The summed E-state index contributed by atoms with van der Waals surface area (Å²) in [6, 6.07) is 17.6. The molecular formula is C34H44O7S. The van der Waals surface area contributed by atoms with Crippen LogP contribution in [0.3, 0.4) is 0 Å². The van der Waals surface area contributed by atoms with Crippen LogP contribution in [0.2, 0.25) is 0 Å². The third kappa shape index (κ3) is 8.19. The highest BCUT2D eigenvalue weighted by atomic mass is 32.3. The molecule has 7 nitrogen and oxygen atoms in total. The predicted molar refractivity (Wildman–Crippen MR) is 169 cm³/mol. The topological polar surface area (TPSA) is 80.3 Å². The van der Waals surface area contributed by atoms with Crippen molar-refractivity contribution >= 4 is 32.7 Å². The van der Waals surface area contributed by atoms with E-state index in [-0.39, 0.29) is 25.5 Å². The molecule has 4 rings (SSSR count). The Morgan fingerprint density at radius 2 is 1.69 bits per heavy atom. The first-order chi connectivity index (χ1) is 20.0. The Morgan fingerprint density at radius 3 is 2.40 bits per heavy atom. The largest absolute Gasteiger partial charge is 0.490 e. The van der Waals surface area contributed by atoms with Gasteiger partial charge < -0.3 is 23.7 Å². The number of fused-ring (bicyclic) bond motifs is 1. The zero-order chi connectivity index (χ0) is 30.3. The molecule has 1 aliphatic carbocycles. The number of rotatable bonds is 12. The van der Waals surface area contributed by atoms with E-state index in [9.17, 15) is 9.59 Å². The van der Waals surface area contributed by atoms with Gasteiger partial charge in [-0.3, -0.25) is 4.79 Å². The minimum Gasteiger partial charge on any atom is -0.490 e. The molecule has 0 spiro atoms. The van der Waals surface area contributed by atoms with Crippen molar-refractivity contribution in [1.29, 1.82) is 0 Å². The van der Waals surface area contributed by atoms with Crippen LogP contribution in [0.25, 0.3) is 10.8 Å². The van der Waals surface area contributed by atoms with Crippen molar-refractivity contribution in [1.82, 2.24) is 0 Å². The number of hydrogen-bond donors (Lipinski definition) is 0. The Kier molecular flexibility index (Phi) is 10.4. The predicted octanol–water partition coefficient (Wildman–Crippen LogP) is 7.05. The molecule has 0 bridgehead atoms. The minimum absolute atomic E-state index is 0.0525. The number of methoxy groups -OCH3 is 1. The molecule has 1 saturated carbocycles. The second kappa shape index (κ2) is 13.8.